The number of phenols is 1. The molecule has 12 heavy (non-hydrogen) atoms. The molecule has 1 aliphatic heterocycles. The summed E-state index contributed by atoms with van der Waals surface area (Å²) in [7, 11) is 3.33. The Labute approximate surface area is 78.5 Å². The minimum Gasteiger partial charge on any atom is -0.508 e. The Balaban J connectivity index is 2.53. The van der Waals surface area contributed by atoms with Gasteiger partial charge < -0.3 is 5.11 Å². The Hall–Kier alpha value is -0.610. The molecule has 0 unspecified atom stereocenters. The van der Waals surface area contributed by atoms with E-state index in [4.69, 9.17) is 0 Å². The molecule has 0 spiro atoms. The molecular weight excluding hydrogens is 190 g/mol. The molecule has 1 aromatic rings. The molecule has 1 aliphatic rings. The first-order chi connectivity index (χ1) is 5.75. The fourth-order valence-corrected chi connectivity index (χ4v) is 2.78. The number of benzene rings is 1. The van der Waals surface area contributed by atoms with Gasteiger partial charge in [-0.2, -0.15) is 0 Å². The molecule has 2 rings (SSSR count). The van der Waals surface area contributed by atoms with Crippen molar-refractivity contribution < 1.29 is 5.11 Å². The van der Waals surface area contributed by atoms with Crippen molar-refractivity contribution in [2.45, 2.75) is 11.8 Å². The van der Waals surface area contributed by atoms with Gasteiger partial charge in [0, 0.05) is 11.0 Å². The zero-order valence-corrected chi connectivity index (χ0v) is 8.08. The molecule has 4 heteroatoms. The van der Waals surface area contributed by atoms with Gasteiger partial charge in [0.15, 0.2) is 0 Å². The first kappa shape index (κ1) is 8.01. The predicted octanol–water partition coefficient (Wildman–Crippen LogP) is 3.20. The number of nitrogens with zero attached hydrogens (tertiary/aromatic N) is 1. The molecule has 0 radical (unpaired) electrons. The Bertz CT molecular complexity index is 349. The van der Waals surface area contributed by atoms with Crippen molar-refractivity contribution >= 4 is 32.3 Å². The smallest absolute Gasteiger partial charge is 0.117 e. The number of aromatic hydroxyl groups is 1. The molecule has 62 valence electrons. The standard InChI is InChI=1S/C8H7NOS2/c1-5-9-7-4-6(10)2-3-8(7)12-11-5/h2-4,10H,1H3. The van der Waals surface area contributed by atoms with E-state index in [1.54, 1.807) is 33.7 Å². The maximum atomic E-state index is 9.19. The summed E-state index contributed by atoms with van der Waals surface area (Å²) in [5.41, 5.74) is 0.872. The van der Waals surface area contributed by atoms with Crippen LogP contribution >= 0.6 is 21.6 Å². The van der Waals surface area contributed by atoms with Crippen LogP contribution in [0, 0.1) is 0 Å². The maximum Gasteiger partial charge on any atom is 0.117 e. The van der Waals surface area contributed by atoms with Gasteiger partial charge in [0.25, 0.3) is 0 Å². The molecule has 0 fully saturated rings. The lowest BCUT2D eigenvalue weighted by Gasteiger charge is -2.10. The molecule has 0 aromatic heterocycles. The zero-order valence-electron chi connectivity index (χ0n) is 6.44. The first-order valence-corrected chi connectivity index (χ1v) is 5.63. The van der Waals surface area contributed by atoms with Crippen LogP contribution in [0.5, 0.6) is 5.75 Å². The largest absolute Gasteiger partial charge is 0.508 e. The van der Waals surface area contributed by atoms with Gasteiger partial charge in [-0.1, -0.05) is 0 Å². The van der Waals surface area contributed by atoms with E-state index < -0.39 is 0 Å². The molecule has 2 nitrogen and oxygen atoms in total. The summed E-state index contributed by atoms with van der Waals surface area (Å²) >= 11 is 0. The average Bonchev–Trinajstić information content (AvgIpc) is 2.03. The second-order valence-electron chi connectivity index (χ2n) is 2.45. The molecule has 0 amide bonds. The Morgan fingerprint density at radius 1 is 1.33 bits per heavy atom. The van der Waals surface area contributed by atoms with Gasteiger partial charge in [-0.3, -0.25) is 0 Å². The van der Waals surface area contributed by atoms with Crippen LogP contribution in [-0.4, -0.2) is 10.2 Å². The normalized spacial score (nSPS) is 15.2. The van der Waals surface area contributed by atoms with E-state index in [1.807, 2.05) is 13.0 Å². The average molecular weight is 197 g/mol. The quantitative estimate of drug-likeness (QED) is 0.648. The monoisotopic (exact) mass is 197 g/mol. The third kappa shape index (κ3) is 1.44. The first-order valence-electron chi connectivity index (χ1n) is 3.48. The van der Waals surface area contributed by atoms with Crippen molar-refractivity contribution in [3.63, 3.8) is 0 Å². The number of aliphatic imine (C=N–C) groups is 1. The van der Waals surface area contributed by atoms with E-state index in [0.29, 0.717) is 0 Å². The Kier molecular flexibility index (Phi) is 2.02. The number of rotatable bonds is 0. The second kappa shape index (κ2) is 3.03. The van der Waals surface area contributed by atoms with Gasteiger partial charge >= 0.3 is 0 Å². The van der Waals surface area contributed by atoms with Gasteiger partial charge in [-0.05, 0) is 40.6 Å². The summed E-state index contributed by atoms with van der Waals surface area (Å²) in [6.45, 7) is 1.96. The van der Waals surface area contributed by atoms with Gasteiger partial charge in [-0.25, -0.2) is 4.99 Å². The lowest BCUT2D eigenvalue weighted by molar-refractivity contribution is 0.475. The number of hydrogen-bond acceptors (Lipinski definition) is 4. The van der Waals surface area contributed by atoms with E-state index in [-0.39, 0.29) is 5.75 Å². The van der Waals surface area contributed by atoms with Crippen molar-refractivity contribution in [1.29, 1.82) is 0 Å². The lowest BCUT2D eigenvalue weighted by atomic mass is 10.3. The van der Waals surface area contributed by atoms with Crippen molar-refractivity contribution in [1.82, 2.24) is 0 Å². The molecule has 1 heterocycles. The zero-order chi connectivity index (χ0) is 8.55. The fraction of sp³-hybridized carbons (Fsp3) is 0.125. The van der Waals surface area contributed by atoms with Crippen LogP contribution < -0.4 is 0 Å². The van der Waals surface area contributed by atoms with Crippen molar-refractivity contribution in [3.05, 3.63) is 18.2 Å². The van der Waals surface area contributed by atoms with Crippen LogP contribution in [0.25, 0.3) is 0 Å². The molecule has 0 saturated carbocycles. The molecule has 0 atom stereocenters. The van der Waals surface area contributed by atoms with Crippen LogP contribution in [-0.2, 0) is 0 Å². The minimum atomic E-state index is 0.276. The third-order valence-electron chi connectivity index (χ3n) is 1.47. The van der Waals surface area contributed by atoms with E-state index >= 15 is 0 Å². The molecule has 0 saturated heterocycles. The van der Waals surface area contributed by atoms with Gasteiger partial charge in [0.05, 0.1) is 10.7 Å². The molecule has 1 N–H and O–H groups in total. The molecule has 0 bridgehead atoms. The maximum absolute atomic E-state index is 9.19. The van der Waals surface area contributed by atoms with Crippen LogP contribution in [0.4, 0.5) is 5.69 Å². The predicted molar refractivity (Wildman–Crippen MR) is 54.3 cm³/mol. The number of phenolic OH excluding ortho intramolecular Hbond substituents is 1. The van der Waals surface area contributed by atoms with E-state index in [9.17, 15) is 5.11 Å². The van der Waals surface area contributed by atoms with E-state index in [2.05, 4.69) is 4.99 Å². The highest BCUT2D eigenvalue weighted by atomic mass is 33.1. The summed E-state index contributed by atoms with van der Waals surface area (Å²) in [6, 6.07) is 5.26. The highest BCUT2D eigenvalue weighted by molar-refractivity contribution is 8.82. The van der Waals surface area contributed by atoms with Gasteiger partial charge in [0.1, 0.15) is 5.75 Å². The van der Waals surface area contributed by atoms with Crippen molar-refractivity contribution in [2.75, 3.05) is 0 Å². The van der Waals surface area contributed by atoms with E-state index in [1.165, 1.54) is 0 Å². The fourth-order valence-electron chi connectivity index (χ4n) is 0.957. The van der Waals surface area contributed by atoms with Gasteiger partial charge in [-0.15, -0.1) is 0 Å². The van der Waals surface area contributed by atoms with Crippen LogP contribution in [0.3, 0.4) is 0 Å². The Morgan fingerprint density at radius 3 is 3.00 bits per heavy atom. The van der Waals surface area contributed by atoms with Gasteiger partial charge in [0.2, 0.25) is 0 Å². The number of hydrogen-bond donors (Lipinski definition) is 1. The Morgan fingerprint density at radius 2 is 2.17 bits per heavy atom. The molecular formula is C8H7NOS2. The summed E-state index contributed by atoms with van der Waals surface area (Å²) in [5, 5.41) is 10.2. The van der Waals surface area contributed by atoms with Crippen LogP contribution in [0.1, 0.15) is 6.92 Å². The van der Waals surface area contributed by atoms with Crippen LogP contribution in [0.15, 0.2) is 28.1 Å². The topological polar surface area (TPSA) is 32.6 Å². The highest BCUT2D eigenvalue weighted by Crippen LogP contribution is 2.44. The third-order valence-corrected chi connectivity index (χ3v) is 3.93. The highest BCUT2D eigenvalue weighted by Gasteiger charge is 2.10. The van der Waals surface area contributed by atoms with Crippen molar-refractivity contribution in [2.24, 2.45) is 4.99 Å². The summed E-state index contributed by atoms with van der Waals surface area (Å²) in [6.07, 6.45) is 0. The SMILES string of the molecule is CC1=Nc2cc(O)ccc2SS1. The van der Waals surface area contributed by atoms with Crippen LogP contribution in [0.2, 0.25) is 0 Å². The minimum absolute atomic E-state index is 0.276. The summed E-state index contributed by atoms with van der Waals surface area (Å²) in [4.78, 5) is 5.42. The molecule has 1 aromatic carbocycles. The summed E-state index contributed by atoms with van der Waals surface area (Å²) < 4.78 is 0. The van der Waals surface area contributed by atoms with E-state index in [0.717, 1.165) is 15.6 Å². The summed E-state index contributed by atoms with van der Waals surface area (Å²) in [5.74, 6) is 0.276. The number of fused-ring (bicyclic) bond motifs is 1. The molecule has 0 aliphatic carbocycles. The van der Waals surface area contributed by atoms with Crippen molar-refractivity contribution in [3.8, 4) is 5.75 Å². The lowest BCUT2D eigenvalue weighted by Crippen LogP contribution is -1.85. The second-order valence-corrected chi connectivity index (χ2v) is 4.81.